The van der Waals surface area contributed by atoms with Crippen molar-refractivity contribution in [2.75, 3.05) is 18.5 Å². The van der Waals surface area contributed by atoms with E-state index in [0.29, 0.717) is 18.0 Å². The fourth-order valence-electron chi connectivity index (χ4n) is 2.04. The maximum absolute atomic E-state index is 11.4. The number of benzene rings is 1. The van der Waals surface area contributed by atoms with Gasteiger partial charge in [0.15, 0.2) is 5.75 Å². The van der Waals surface area contributed by atoms with Crippen molar-refractivity contribution in [3.05, 3.63) is 22.2 Å². The van der Waals surface area contributed by atoms with Gasteiger partial charge >= 0.3 is 6.09 Å². The van der Waals surface area contributed by atoms with Gasteiger partial charge in [0.1, 0.15) is 4.33 Å². The molecule has 2 atom stereocenters. The van der Waals surface area contributed by atoms with E-state index < -0.39 is 10.4 Å². The van der Waals surface area contributed by atoms with Gasteiger partial charge in [0, 0.05) is 11.6 Å². The highest BCUT2D eigenvalue weighted by molar-refractivity contribution is 6.51. The minimum Gasteiger partial charge on any atom is -0.490 e. The Morgan fingerprint density at radius 3 is 2.32 bits per heavy atom. The van der Waals surface area contributed by atoms with E-state index in [9.17, 15) is 4.79 Å². The van der Waals surface area contributed by atoms with Gasteiger partial charge in [0.25, 0.3) is 0 Å². The smallest absolute Gasteiger partial charge is 0.411 e. The number of rotatable bonds is 5. The summed E-state index contributed by atoms with van der Waals surface area (Å²) in [5, 5.41) is 3.08. The normalized spacial score (nSPS) is 22.1. The predicted molar refractivity (Wildman–Crippen MR) is 89.7 cm³/mol. The van der Waals surface area contributed by atoms with E-state index in [-0.39, 0.29) is 28.5 Å². The number of alkyl halides is 2. The molecule has 1 fully saturated rings. The molecule has 1 N–H and O–H groups in total. The van der Waals surface area contributed by atoms with Crippen LogP contribution in [-0.4, -0.2) is 23.6 Å². The number of hydrogen-bond acceptors (Lipinski definition) is 3. The molecule has 0 spiro atoms. The Kier molecular flexibility index (Phi) is 5.59. The van der Waals surface area contributed by atoms with Crippen molar-refractivity contribution in [2.24, 2.45) is 11.8 Å². The van der Waals surface area contributed by atoms with Crippen LogP contribution in [0.3, 0.4) is 0 Å². The number of halogens is 4. The number of carbonyl (C=O) groups excluding carboxylic acids is 1. The van der Waals surface area contributed by atoms with Gasteiger partial charge in [0.05, 0.1) is 23.3 Å². The summed E-state index contributed by atoms with van der Waals surface area (Å²) in [6.07, 6.45) is -0.579. The Labute approximate surface area is 148 Å². The molecule has 0 saturated heterocycles. The molecule has 4 nitrogen and oxygen atoms in total. The van der Waals surface area contributed by atoms with Crippen LogP contribution in [0.2, 0.25) is 10.0 Å². The van der Waals surface area contributed by atoms with E-state index in [1.165, 1.54) is 12.1 Å². The second kappa shape index (κ2) is 6.91. The number of amides is 1. The molecule has 22 heavy (non-hydrogen) atoms. The predicted octanol–water partition coefficient (Wildman–Crippen LogP) is 5.38. The van der Waals surface area contributed by atoms with Crippen molar-refractivity contribution >= 4 is 58.2 Å². The van der Waals surface area contributed by atoms with Crippen LogP contribution in [0.15, 0.2) is 12.1 Å². The van der Waals surface area contributed by atoms with Crippen molar-refractivity contribution in [3.8, 4) is 5.75 Å². The number of anilines is 1. The summed E-state index contributed by atoms with van der Waals surface area (Å²) in [5.41, 5.74) is 0.421. The van der Waals surface area contributed by atoms with E-state index in [1.54, 1.807) is 6.92 Å². The maximum Gasteiger partial charge on any atom is 0.411 e. The Morgan fingerprint density at radius 1 is 1.32 bits per heavy atom. The molecule has 1 saturated carbocycles. The molecular weight excluding hydrogens is 372 g/mol. The lowest BCUT2D eigenvalue weighted by Crippen LogP contribution is -2.13. The largest absolute Gasteiger partial charge is 0.490 e. The fraction of sp³-hybridized carbons (Fsp3) is 0.500. The summed E-state index contributed by atoms with van der Waals surface area (Å²) < 4.78 is 9.65. The summed E-state index contributed by atoms with van der Waals surface area (Å²) >= 11 is 24.4. The fourth-order valence-corrected chi connectivity index (χ4v) is 3.32. The van der Waals surface area contributed by atoms with Crippen LogP contribution in [0.4, 0.5) is 10.5 Å². The highest BCUT2D eigenvalue weighted by atomic mass is 35.5. The Bertz CT molecular complexity index is 556. The number of nitrogens with one attached hydrogen (secondary N) is 1. The topological polar surface area (TPSA) is 47.6 Å². The quantitative estimate of drug-likeness (QED) is 0.691. The number of ether oxygens (including phenoxy) is 2. The zero-order valence-corrected chi connectivity index (χ0v) is 15.0. The van der Waals surface area contributed by atoms with E-state index in [0.717, 1.165) is 0 Å². The number of carbonyl (C=O) groups is 1. The standard InChI is InChI=1S/C14H15Cl4NO3/c1-3-21-13(20)19-8-4-10(15)12(11(16)5-8)22-6-9-7(2)14(9,17)18/h4-5,7,9H,3,6H2,1-2H3,(H,19,20). The zero-order valence-electron chi connectivity index (χ0n) is 12.0. The monoisotopic (exact) mass is 385 g/mol. The van der Waals surface area contributed by atoms with Gasteiger partial charge in [-0.05, 0) is 25.0 Å². The minimum atomic E-state index is -0.760. The minimum absolute atomic E-state index is 0.0281. The van der Waals surface area contributed by atoms with Crippen LogP contribution in [0.5, 0.6) is 5.75 Å². The molecule has 1 aliphatic carbocycles. The summed E-state index contributed by atoms with van der Waals surface area (Å²) in [6.45, 7) is 4.25. The van der Waals surface area contributed by atoms with Gasteiger partial charge in [-0.3, -0.25) is 5.32 Å². The third kappa shape index (κ3) is 3.85. The van der Waals surface area contributed by atoms with E-state index in [2.05, 4.69) is 5.32 Å². The maximum atomic E-state index is 11.4. The van der Waals surface area contributed by atoms with E-state index in [1.807, 2.05) is 6.92 Å². The molecule has 122 valence electrons. The van der Waals surface area contributed by atoms with Gasteiger partial charge in [-0.15, -0.1) is 23.2 Å². The first kappa shape index (κ1) is 17.8. The molecule has 2 rings (SSSR count). The van der Waals surface area contributed by atoms with Crippen molar-refractivity contribution in [2.45, 2.75) is 18.2 Å². The average molecular weight is 387 g/mol. The van der Waals surface area contributed by atoms with Gasteiger partial charge in [-0.2, -0.15) is 0 Å². The summed E-state index contributed by atoms with van der Waals surface area (Å²) in [6, 6.07) is 3.06. The Hall–Kier alpha value is -0.550. The highest BCUT2D eigenvalue weighted by Crippen LogP contribution is 2.59. The molecule has 0 aliphatic heterocycles. The Morgan fingerprint density at radius 2 is 1.86 bits per heavy atom. The SMILES string of the molecule is CCOC(=O)Nc1cc(Cl)c(OCC2C(C)C2(Cl)Cl)c(Cl)c1. The molecule has 0 bridgehead atoms. The van der Waals surface area contributed by atoms with Crippen molar-refractivity contribution < 1.29 is 14.3 Å². The third-order valence-electron chi connectivity index (χ3n) is 3.52. The van der Waals surface area contributed by atoms with Crippen LogP contribution in [0.1, 0.15) is 13.8 Å². The van der Waals surface area contributed by atoms with Crippen molar-refractivity contribution in [3.63, 3.8) is 0 Å². The van der Waals surface area contributed by atoms with E-state index in [4.69, 9.17) is 55.9 Å². The van der Waals surface area contributed by atoms with Crippen LogP contribution in [-0.2, 0) is 4.74 Å². The van der Waals surface area contributed by atoms with Crippen LogP contribution in [0.25, 0.3) is 0 Å². The average Bonchev–Trinajstić information content (AvgIpc) is 2.87. The lowest BCUT2D eigenvalue weighted by atomic mass is 10.3. The Balaban J connectivity index is 2.02. The molecule has 1 aromatic rings. The molecule has 1 amide bonds. The lowest BCUT2D eigenvalue weighted by Gasteiger charge is -2.12. The molecule has 1 aliphatic rings. The molecular formula is C14H15Cl4NO3. The third-order valence-corrected chi connectivity index (χ3v) is 5.33. The molecule has 0 heterocycles. The van der Waals surface area contributed by atoms with E-state index >= 15 is 0 Å². The van der Waals surface area contributed by atoms with Crippen LogP contribution in [0, 0.1) is 11.8 Å². The molecule has 8 heteroatoms. The van der Waals surface area contributed by atoms with Gasteiger partial charge in [-0.25, -0.2) is 4.79 Å². The number of hydrogen-bond donors (Lipinski definition) is 1. The zero-order chi connectivity index (χ0) is 16.5. The van der Waals surface area contributed by atoms with Crippen LogP contribution >= 0.6 is 46.4 Å². The molecule has 0 aromatic heterocycles. The molecule has 2 unspecified atom stereocenters. The first-order valence-corrected chi connectivity index (χ1v) is 8.22. The van der Waals surface area contributed by atoms with Gasteiger partial charge in [-0.1, -0.05) is 30.1 Å². The van der Waals surface area contributed by atoms with Gasteiger partial charge in [0.2, 0.25) is 0 Å². The lowest BCUT2D eigenvalue weighted by molar-refractivity contribution is 0.168. The highest BCUT2D eigenvalue weighted by Gasteiger charge is 2.60. The first-order chi connectivity index (χ1) is 10.3. The van der Waals surface area contributed by atoms with Crippen molar-refractivity contribution in [1.29, 1.82) is 0 Å². The summed E-state index contributed by atoms with van der Waals surface area (Å²) in [4.78, 5) is 11.4. The van der Waals surface area contributed by atoms with Gasteiger partial charge < -0.3 is 9.47 Å². The van der Waals surface area contributed by atoms with Crippen molar-refractivity contribution in [1.82, 2.24) is 0 Å². The van der Waals surface area contributed by atoms with Crippen LogP contribution < -0.4 is 10.1 Å². The summed E-state index contributed by atoms with van der Waals surface area (Å²) in [5.74, 6) is 0.513. The molecule has 0 radical (unpaired) electrons. The second-order valence-corrected chi connectivity index (χ2v) is 7.25. The summed E-state index contributed by atoms with van der Waals surface area (Å²) in [7, 11) is 0. The first-order valence-electron chi connectivity index (χ1n) is 6.70. The second-order valence-electron chi connectivity index (χ2n) is 5.00. The molecule has 1 aromatic carbocycles.